The van der Waals surface area contributed by atoms with Crippen LogP contribution in [0.1, 0.15) is 21.3 Å². The second-order valence-corrected chi connectivity index (χ2v) is 6.30. The fourth-order valence-electron chi connectivity index (χ4n) is 2.44. The van der Waals surface area contributed by atoms with Gasteiger partial charge in [0.05, 0.1) is 11.3 Å². The molecule has 2 aromatic carbocycles. The van der Waals surface area contributed by atoms with Crippen molar-refractivity contribution in [1.29, 1.82) is 0 Å². The lowest BCUT2D eigenvalue weighted by molar-refractivity contribution is -0.115. The molecule has 1 aliphatic rings. The SMILES string of the molecule is O=C(O)c1ccccc1C1SCC(=O)N1c1ccc(Cl)cc1. The van der Waals surface area contributed by atoms with Gasteiger partial charge in [-0.1, -0.05) is 29.8 Å². The highest BCUT2D eigenvalue weighted by Gasteiger charge is 2.35. The smallest absolute Gasteiger partial charge is 0.336 e. The van der Waals surface area contributed by atoms with E-state index in [-0.39, 0.29) is 16.8 Å². The van der Waals surface area contributed by atoms with Gasteiger partial charge in [0.25, 0.3) is 0 Å². The average Bonchev–Trinajstić information content (AvgIpc) is 2.90. The van der Waals surface area contributed by atoms with Crippen LogP contribution in [-0.4, -0.2) is 22.7 Å². The lowest BCUT2D eigenvalue weighted by Crippen LogP contribution is -2.28. The zero-order valence-corrected chi connectivity index (χ0v) is 13.0. The largest absolute Gasteiger partial charge is 0.478 e. The van der Waals surface area contributed by atoms with Crippen LogP contribution < -0.4 is 4.90 Å². The highest BCUT2D eigenvalue weighted by molar-refractivity contribution is 8.00. The van der Waals surface area contributed by atoms with Crippen molar-refractivity contribution in [1.82, 2.24) is 0 Å². The van der Waals surface area contributed by atoms with Gasteiger partial charge in [-0.05, 0) is 35.9 Å². The number of carbonyl (C=O) groups is 2. The van der Waals surface area contributed by atoms with E-state index in [1.165, 1.54) is 11.8 Å². The second kappa shape index (κ2) is 6.02. The van der Waals surface area contributed by atoms with Crippen LogP contribution in [0.3, 0.4) is 0 Å². The first kappa shape index (κ1) is 14.9. The maximum absolute atomic E-state index is 12.2. The number of rotatable bonds is 3. The van der Waals surface area contributed by atoms with Crippen LogP contribution in [0.4, 0.5) is 5.69 Å². The maximum atomic E-state index is 12.2. The fraction of sp³-hybridized carbons (Fsp3) is 0.125. The first-order chi connectivity index (χ1) is 10.6. The molecule has 1 atom stereocenters. The summed E-state index contributed by atoms with van der Waals surface area (Å²) in [5, 5.41) is 9.60. The van der Waals surface area contributed by atoms with Gasteiger partial charge in [-0.25, -0.2) is 4.79 Å². The lowest BCUT2D eigenvalue weighted by atomic mass is 10.1. The summed E-state index contributed by atoms with van der Waals surface area (Å²) >= 11 is 7.31. The monoisotopic (exact) mass is 333 g/mol. The Kier molecular flexibility index (Phi) is 4.09. The zero-order valence-electron chi connectivity index (χ0n) is 11.4. The number of hydrogen-bond acceptors (Lipinski definition) is 3. The quantitative estimate of drug-likeness (QED) is 0.927. The van der Waals surface area contributed by atoms with Crippen molar-refractivity contribution in [2.24, 2.45) is 0 Å². The van der Waals surface area contributed by atoms with E-state index in [2.05, 4.69) is 0 Å². The number of aromatic carboxylic acids is 1. The first-order valence-electron chi connectivity index (χ1n) is 6.59. The summed E-state index contributed by atoms with van der Waals surface area (Å²) in [5.74, 6) is -0.717. The molecule has 1 heterocycles. The van der Waals surface area contributed by atoms with Crippen molar-refractivity contribution in [2.75, 3.05) is 10.7 Å². The predicted octanol–water partition coefficient (Wildman–Crippen LogP) is 3.82. The van der Waals surface area contributed by atoms with Gasteiger partial charge in [-0.3, -0.25) is 9.69 Å². The van der Waals surface area contributed by atoms with E-state index < -0.39 is 5.97 Å². The lowest BCUT2D eigenvalue weighted by Gasteiger charge is -2.25. The van der Waals surface area contributed by atoms with E-state index >= 15 is 0 Å². The molecule has 2 aromatic rings. The van der Waals surface area contributed by atoms with Crippen LogP contribution in [0.5, 0.6) is 0 Å². The summed E-state index contributed by atoms with van der Waals surface area (Å²) in [6.45, 7) is 0. The normalized spacial score (nSPS) is 17.8. The minimum absolute atomic E-state index is 0.0440. The molecule has 4 nitrogen and oxygen atoms in total. The third kappa shape index (κ3) is 2.69. The highest BCUT2D eigenvalue weighted by atomic mass is 35.5. The van der Waals surface area contributed by atoms with Crippen LogP contribution in [0.25, 0.3) is 0 Å². The minimum atomic E-state index is -0.994. The molecule has 1 amide bonds. The molecule has 1 unspecified atom stereocenters. The van der Waals surface area contributed by atoms with Crippen LogP contribution >= 0.6 is 23.4 Å². The maximum Gasteiger partial charge on any atom is 0.336 e. The molecule has 0 radical (unpaired) electrons. The summed E-state index contributed by atoms with van der Waals surface area (Å²) in [5.41, 5.74) is 1.55. The van der Waals surface area contributed by atoms with Crippen LogP contribution in [0, 0.1) is 0 Å². The molecule has 0 aliphatic carbocycles. The standard InChI is InChI=1S/C16H12ClNO3S/c17-10-5-7-11(8-6-10)18-14(19)9-22-15(18)12-3-1-2-4-13(12)16(20)21/h1-8,15H,9H2,(H,20,21). The van der Waals surface area contributed by atoms with E-state index in [0.717, 1.165) is 0 Å². The van der Waals surface area contributed by atoms with Gasteiger partial charge in [-0.15, -0.1) is 11.8 Å². The number of carboxylic acid groups (broad SMARTS) is 1. The molecule has 1 saturated heterocycles. The van der Waals surface area contributed by atoms with Crippen molar-refractivity contribution in [3.63, 3.8) is 0 Å². The summed E-state index contributed by atoms with van der Waals surface area (Å²) in [7, 11) is 0. The van der Waals surface area contributed by atoms with Gasteiger partial charge in [-0.2, -0.15) is 0 Å². The Hall–Kier alpha value is -1.98. The van der Waals surface area contributed by atoms with Crippen LogP contribution in [-0.2, 0) is 4.79 Å². The Balaban J connectivity index is 2.05. The molecule has 112 valence electrons. The number of carbonyl (C=O) groups excluding carboxylic acids is 1. The van der Waals surface area contributed by atoms with E-state index in [9.17, 15) is 14.7 Å². The highest BCUT2D eigenvalue weighted by Crippen LogP contribution is 2.43. The molecule has 1 fully saturated rings. The van der Waals surface area contributed by atoms with Crippen LogP contribution in [0.15, 0.2) is 48.5 Å². The molecule has 3 rings (SSSR count). The topological polar surface area (TPSA) is 57.6 Å². The molecule has 0 bridgehead atoms. The Labute approximate surface area is 136 Å². The summed E-state index contributed by atoms with van der Waals surface area (Å²) < 4.78 is 0. The number of thioether (sulfide) groups is 1. The molecule has 0 aromatic heterocycles. The summed E-state index contributed by atoms with van der Waals surface area (Å²) in [4.78, 5) is 25.3. The molecule has 1 N–H and O–H groups in total. The molecule has 22 heavy (non-hydrogen) atoms. The van der Waals surface area contributed by atoms with Crippen molar-refractivity contribution >= 4 is 40.9 Å². The number of benzene rings is 2. The summed E-state index contributed by atoms with van der Waals surface area (Å²) in [6, 6.07) is 13.7. The third-order valence-corrected chi connectivity index (χ3v) is 4.88. The summed E-state index contributed by atoms with van der Waals surface area (Å²) in [6.07, 6.45) is 0. The minimum Gasteiger partial charge on any atom is -0.478 e. The van der Waals surface area contributed by atoms with Gasteiger partial charge >= 0.3 is 5.97 Å². The number of amides is 1. The first-order valence-corrected chi connectivity index (χ1v) is 8.02. The van der Waals surface area contributed by atoms with Gasteiger partial charge in [0.1, 0.15) is 5.37 Å². The number of anilines is 1. The van der Waals surface area contributed by atoms with Crippen molar-refractivity contribution in [3.8, 4) is 0 Å². The van der Waals surface area contributed by atoms with Crippen LogP contribution in [0.2, 0.25) is 5.02 Å². The number of nitrogens with zero attached hydrogens (tertiary/aromatic N) is 1. The predicted molar refractivity (Wildman–Crippen MR) is 87.5 cm³/mol. The number of hydrogen-bond donors (Lipinski definition) is 1. The van der Waals surface area contributed by atoms with E-state index in [0.29, 0.717) is 22.0 Å². The Morgan fingerprint density at radius 1 is 1.18 bits per heavy atom. The van der Waals surface area contributed by atoms with E-state index in [1.54, 1.807) is 53.4 Å². The molecule has 6 heteroatoms. The fourth-order valence-corrected chi connectivity index (χ4v) is 3.78. The Morgan fingerprint density at radius 3 is 2.55 bits per heavy atom. The second-order valence-electron chi connectivity index (χ2n) is 4.80. The van der Waals surface area contributed by atoms with Gasteiger partial charge in [0.15, 0.2) is 0 Å². The van der Waals surface area contributed by atoms with Crippen molar-refractivity contribution < 1.29 is 14.7 Å². The Bertz CT molecular complexity index is 732. The van der Waals surface area contributed by atoms with E-state index in [4.69, 9.17) is 11.6 Å². The zero-order chi connectivity index (χ0) is 15.7. The molecule has 0 saturated carbocycles. The van der Waals surface area contributed by atoms with Crippen molar-refractivity contribution in [2.45, 2.75) is 5.37 Å². The van der Waals surface area contributed by atoms with Gasteiger partial charge in [0.2, 0.25) is 5.91 Å². The Morgan fingerprint density at radius 2 is 1.86 bits per heavy atom. The molecule has 1 aliphatic heterocycles. The van der Waals surface area contributed by atoms with Gasteiger partial charge in [0, 0.05) is 10.7 Å². The average molecular weight is 334 g/mol. The van der Waals surface area contributed by atoms with Crippen molar-refractivity contribution in [3.05, 3.63) is 64.7 Å². The third-order valence-electron chi connectivity index (χ3n) is 3.43. The molecule has 0 spiro atoms. The number of halogens is 1. The molecular weight excluding hydrogens is 322 g/mol. The van der Waals surface area contributed by atoms with E-state index in [1.807, 2.05) is 0 Å². The van der Waals surface area contributed by atoms with Gasteiger partial charge < -0.3 is 5.11 Å². The molecular formula is C16H12ClNO3S. The number of carboxylic acids is 1.